The van der Waals surface area contributed by atoms with Gasteiger partial charge in [-0.3, -0.25) is 0 Å². The number of hydrogen-bond acceptors (Lipinski definition) is 2. The van der Waals surface area contributed by atoms with Crippen LogP contribution in [0.1, 0.15) is 11.4 Å². The Morgan fingerprint density at radius 3 is 2.39 bits per heavy atom. The second kappa shape index (κ2) is 4.72. The third-order valence-electron chi connectivity index (χ3n) is 2.58. The molecule has 0 bridgehead atoms. The summed E-state index contributed by atoms with van der Waals surface area (Å²) in [5, 5.41) is 3.02. The van der Waals surface area contributed by atoms with Gasteiger partial charge in [0.05, 0.1) is 12.1 Å². The van der Waals surface area contributed by atoms with Gasteiger partial charge in [0.1, 0.15) is 5.82 Å². The fourth-order valence-electron chi connectivity index (χ4n) is 1.53. The molecule has 0 aliphatic rings. The Morgan fingerprint density at radius 1 is 1.22 bits per heavy atom. The first-order valence-corrected chi connectivity index (χ1v) is 5.34. The molecule has 0 fully saturated rings. The van der Waals surface area contributed by atoms with Crippen molar-refractivity contribution in [3.63, 3.8) is 0 Å². The van der Waals surface area contributed by atoms with Gasteiger partial charge in [-0.05, 0) is 24.3 Å². The number of aryl methyl sites for hydroxylation is 1. The van der Waals surface area contributed by atoms with Crippen LogP contribution in [-0.2, 0) is 19.8 Å². The first kappa shape index (κ1) is 12.5. The monoisotopic (exact) mass is 255 g/mol. The van der Waals surface area contributed by atoms with Crippen molar-refractivity contribution in [3.05, 3.63) is 48.0 Å². The molecule has 3 nitrogen and oxygen atoms in total. The maximum atomic E-state index is 12.3. The molecule has 1 aromatic heterocycles. The van der Waals surface area contributed by atoms with Gasteiger partial charge in [-0.2, -0.15) is 13.2 Å². The first-order chi connectivity index (χ1) is 8.47. The van der Waals surface area contributed by atoms with Gasteiger partial charge in [-0.25, -0.2) is 4.98 Å². The Balaban J connectivity index is 2.01. The van der Waals surface area contributed by atoms with Crippen LogP contribution in [0.15, 0.2) is 36.7 Å². The van der Waals surface area contributed by atoms with E-state index in [2.05, 4.69) is 10.3 Å². The molecule has 0 spiro atoms. The van der Waals surface area contributed by atoms with E-state index in [1.165, 1.54) is 12.1 Å². The van der Waals surface area contributed by atoms with Crippen LogP contribution in [0.25, 0.3) is 0 Å². The molecule has 2 aromatic rings. The smallest absolute Gasteiger partial charge is 0.378 e. The molecule has 0 amide bonds. The van der Waals surface area contributed by atoms with Crippen LogP contribution in [0.4, 0.5) is 18.9 Å². The Hall–Kier alpha value is -1.98. The molecule has 1 N–H and O–H groups in total. The lowest BCUT2D eigenvalue weighted by atomic mass is 10.2. The molecule has 1 heterocycles. The summed E-state index contributed by atoms with van der Waals surface area (Å²) in [7, 11) is 1.86. The van der Waals surface area contributed by atoms with Crippen molar-refractivity contribution in [1.29, 1.82) is 0 Å². The minimum Gasteiger partial charge on any atom is -0.378 e. The van der Waals surface area contributed by atoms with E-state index in [-0.39, 0.29) is 0 Å². The number of imidazole rings is 1. The highest BCUT2D eigenvalue weighted by molar-refractivity contribution is 5.45. The number of nitrogens with one attached hydrogen (secondary N) is 1. The number of anilines is 1. The molecule has 0 aliphatic carbocycles. The number of halogens is 3. The molecule has 96 valence electrons. The summed E-state index contributed by atoms with van der Waals surface area (Å²) in [6, 6.07) is 4.93. The SMILES string of the molecule is Cn1ccnc1CNc1ccc(C(F)(F)F)cc1. The van der Waals surface area contributed by atoms with E-state index in [1.807, 2.05) is 17.8 Å². The van der Waals surface area contributed by atoms with Gasteiger partial charge in [-0.15, -0.1) is 0 Å². The summed E-state index contributed by atoms with van der Waals surface area (Å²) in [6.45, 7) is 0.467. The number of benzene rings is 1. The molecule has 18 heavy (non-hydrogen) atoms. The standard InChI is InChI=1S/C12H12F3N3/c1-18-7-6-16-11(18)8-17-10-4-2-9(3-5-10)12(13,14)15/h2-7,17H,8H2,1H3. The van der Waals surface area contributed by atoms with Gasteiger partial charge < -0.3 is 9.88 Å². The van der Waals surface area contributed by atoms with Crippen molar-refractivity contribution < 1.29 is 13.2 Å². The molecule has 0 radical (unpaired) electrons. The van der Waals surface area contributed by atoms with E-state index in [0.29, 0.717) is 12.2 Å². The highest BCUT2D eigenvalue weighted by atomic mass is 19.4. The zero-order valence-corrected chi connectivity index (χ0v) is 9.70. The first-order valence-electron chi connectivity index (χ1n) is 5.34. The van der Waals surface area contributed by atoms with E-state index in [9.17, 15) is 13.2 Å². The molecular weight excluding hydrogens is 243 g/mol. The Bertz CT molecular complexity index is 514. The van der Waals surface area contributed by atoms with Crippen molar-refractivity contribution in [3.8, 4) is 0 Å². The topological polar surface area (TPSA) is 29.9 Å². The quantitative estimate of drug-likeness (QED) is 0.913. The van der Waals surface area contributed by atoms with E-state index in [4.69, 9.17) is 0 Å². The molecular formula is C12H12F3N3. The van der Waals surface area contributed by atoms with Crippen molar-refractivity contribution in [1.82, 2.24) is 9.55 Å². The number of alkyl halides is 3. The largest absolute Gasteiger partial charge is 0.416 e. The number of nitrogens with zero attached hydrogens (tertiary/aromatic N) is 2. The Kier molecular flexibility index (Phi) is 3.27. The fourth-order valence-corrected chi connectivity index (χ4v) is 1.53. The third kappa shape index (κ3) is 2.82. The Morgan fingerprint density at radius 2 is 1.89 bits per heavy atom. The summed E-state index contributed by atoms with van der Waals surface area (Å²) >= 11 is 0. The average Bonchev–Trinajstić information content (AvgIpc) is 2.72. The van der Waals surface area contributed by atoms with E-state index >= 15 is 0 Å². The van der Waals surface area contributed by atoms with Crippen LogP contribution in [-0.4, -0.2) is 9.55 Å². The van der Waals surface area contributed by atoms with E-state index in [1.54, 1.807) is 6.20 Å². The molecule has 0 atom stereocenters. The lowest BCUT2D eigenvalue weighted by Gasteiger charge is -2.09. The van der Waals surface area contributed by atoms with Crippen LogP contribution in [0.2, 0.25) is 0 Å². The lowest BCUT2D eigenvalue weighted by molar-refractivity contribution is -0.137. The third-order valence-corrected chi connectivity index (χ3v) is 2.58. The maximum absolute atomic E-state index is 12.3. The molecule has 1 aromatic carbocycles. The lowest BCUT2D eigenvalue weighted by Crippen LogP contribution is -2.07. The summed E-state index contributed by atoms with van der Waals surface area (Å²) in [4.78, 5) is 4.11. The van der Waals surface area contributed by atoms with E-state index < -0.39 is 11.7 Å². The van der Waals surface area contributed by atoms with E-state index in [0.717, 1.165) is 18.0 Å². The second-order valence-electron chi connectivity index (χ2n) is 3.88. The van der Waals surface area contributed by atoms with Crippen LogP contribution in [0.5, 0.6) is 0 Å². The highest BCUT2D eigenvalue weighted by Crippen LogP contribution is 2.29. The van der Waals surface area contributed by atoms with Crippen molar-refractivity contribution in [2.75, 3.05) is 5.32 Å². The number of aromatic nitrogens is 2. The summed E-state index contributed by atoms with van der Waals surface area (Å²) < 4.78 is 38.9. The normalized spacial score (nSPS) is 11.6. The number of hydrogen-bond donors (Lipinski definition) is 1. The highest BCUT2D eigenvalue weighted by Gasteiger charge is 2.29. The predicted molar refractivity (Wildman–Crippen MR) is 62.0 cm³/mol. The van der Waals surface area contributed by atoms with Gasteiger partial charge in [0, 0.05) is 25.1 Å². The molecule has 0 unspecified atom stereocenters. The molecule has 6 heteroatoms. The minimum absolute atomic E-state index is 0.467. The minimum atomic E-state index is -4.29. The van der Waals surface area contributed by atoms with Crippen molar-refractivity contribution in [2.24, 2.45) is 7.05 Å². The summed E-state index contributed by atoms with van der Waals surface area (Å²) in [5.41, 5.74) is -0.0176. The predicted octanol–water partition coefficient (Wildman–Crippen LogP) is 3.05. The van der Waals surface area contributed by atoms with Crippen LogP contribution in [0.3, 0.4) is 0 Å². The zero-order chi connectivity index (χ0) is 13.2. The van der Waals surface area contributed by atoms with Crippen molar-refractivity contribution >= 4 is 5.69 Å². The van der Waals surface area contributed by atoms with Gasteiger partial charge >= 0.3 is 6.18 Å². The van der Waals surface area contributed by atoms with Gasteiger partial charge in [-0.1, -0.05) is 0 Å². The Labute approximate surface area is 102 Å². The van der Waals surface area contributed by atoms with Crippen LogP contribution in [0, 0.1) is 0 Å². The zero-order valence-electron chi connectivity index (χ0n) is 9.70. The van der Waals surface area contributed by atoms with Gasteiger partial charge in [0.25, 0.3) is 0 Å². The average molecular weight is 255 g/mol. The fraction of sp³-hybridized carbons (Fsp3) is 0.250. The molecule has 0 saturated heterocycles. The summed E-state index contributed by atoms with van der Waals surface area (Å²) in [6.07, 6.45) is -0.814. The van der Waals surface area contributed by atoms with Crippen molar-refractivity contribution in [2.45, 2.75) is 12.7 Å². The van der Waals surface area contributed by atoms with Crippen LogP contribution < -0.4 is 5.32 Å². The second-order valence-corrected chi connectivity index (χ2v) is 3.88. The maximum Gasteiger partial charge on any atom is 0.416 e. The van der Waals surface area contributed by atoms with Crippen LogP contribution >= 0.6 is 0 Å². The molecule has 2 rings (SSSR count). The molecule has 0 saturated carbocycles. The van der Waals surface area contributed by atoms with Gasteiger partial charge in [0.2, 0.25) is 0 Å². The number of rotatable bonds is 3. The molecule has 0 aliphatic heterocycles. The van der Waals surface area contributed by atoms with Gasteiger partial charge in [0.15, 0.2) is 0 Å². The summed E-state index contributed by atoms with van der Waals surface area (Å²) in [5.74, 6) is 0.815.